The molecule has 0 fully saturated rings. The van der Waals surface area contributed by atoms with Gasteiger partial charge in [-0.05, 0) is 55.0 Å². The zero-order chi connectivity index (χ0) is 19.9. The molecule has 6 heteroatoms. The van der Waals surface area contributed by atoms with E-state index in [-0.39, 0.29) is 0 Å². The number of allylic oxidation sites excluding steroid dienone is 1. The van der Waals surface area contributed by atoms with Gasteiger partial charge in [0, 0.05) is 10.9 Å². The standard InChI is InChI=1S/C22H18N2O3S/c1-3-27-19-10-8-16(9-11-19)20-14-28-21(24-20)18(13-23)12-15-4-6-17(7-5-15)22(25)26-2/h4-12,14H,3H2,1-2H3. The summed E-state index contributed by atoms with van der Waals surface area (Å²) in [5.74, 6) is 0.422. The van der Waals surface area contributed by atoms with Gasteiger partial charge in [0.2, 0.25) is 0 Å². The Labute approximate surface area is 167 Å². The Kier molecular flexibility index (Phi) is 6.20. The van der Waals surface area contributed by atoms with Gasteiger partial charge in [0.05, 0.1) is 30.5 Å². The van der Waals surface area contributed by atoms with Crippen LogP contribution in [0, 0.1) is 11.3 Å². The predicted molar refractivity (Wildman–Crippen MR) is 110 cm³/mol. The first kappa shape index (κ1) is 19.3. The van der Waals surface area contributed by atoms with Crippen LogP contribution < -0.4 is 4.74 Å². The zero-order valence-electron chi connectivity index (χ0n) is 15.5. The highest BCUT2D eigenvalue weighted by atomic mass is 32.1. The fourth-order valence-corrected chi connectivity index (χ4v) is 3.36. The molecule has 1 aromatic heterocycles. The van der Waals surface area contributed by atoms with Gasteiger partial charge < -0.3 is 9.47 Å². The Morgan fingerprint density at radius 1 is 1.18 bits per heavy atom. The van der Waals surface area contributed by atoms with Crippen molar-refractivity contribution in [2.45, 2.75) is 6.92 Å². The van der Waals surface area contributed by atoms with E-state index in [1.165, 1.54) is 18.4 Å². The van der Waals surface area contributed by atoms with Crippen LogP contribution in [0.4, 0.5) is 0 Å². The van der Waals surface area contributed by atoms with Crippen molar-refractivity contribution in [3.8, 4) is 23.1 Å². The number of nitriles is 1. The Morgan fingerprint density at radius 3 is 2.50 bits per heavy atom. The van der Waals surface area contributed by atoms with Crippen LogP contribution in [-0.2, 0) is 4.74 Å². The Bertz CT molecular complexity index is 1030. The molecule has 1 heterocycles. The monoisotopic (exact) mass is 390 g/mol. The molecular formula is C22H18N2O3S. The molecule has 0 atom stereocenters. The number of methoxy groups -OCH3 is 1. The highest BCUT2D eigenvalue weighted by Gasteiger charge is 2.10. The predicted octanol–water partition coefficient (Wildman–Crippen LogP) is 5.06. The average molecular weight is 390 g/mol. The Morgan fingerprint density at radius 2 is 1.89 bits per heavy atom. The molecule has 0 amide bonds. The van der Waals surface area contributed by atoms with Crippen molar-refractivity contribution in [2.24, 2.45) is 0 Å². The van der Waals surface area contributed by atoms with E-state index >= 15 is 0 Å². The van der Waals surface area contributed by atoms with Gasteiger partial charge in [-0.2, -0.15) is 5.26 Å². The summed E-state index contributed by atoms with van der Waals surface area (Å²) in [4.78, 5) is 16.1. The van der Waals surface area contributed by atoms with Crippen molar-refractivity contribution >= 4 is 29.0 Å². The van der Waals surface area contributed by atoms with Gasteiger partial charge in [-0.3, -0.25) is 0 Å². The number of rotatable bonds is 6. The van der Waals surface area contributed by atoms with Crippen LogP contribution >= 0.6 is 11.3 Å². The number of aromatic nitrogens is 1. The van der Waals surface area contributed by atoms with Crippen molar-refractivity contribution in [1.82, 2.24) is 4.98 Å². The number of ether oxygens (including phenoxy) is 2. The number of carbonyl (C=O) groups excluding carboxylic acids is 1. The van der Waals surface area contributed by atoms with E-state index in [2.05, 4.69) is 11.1 Å². The van der Waals surface area contributed by atoms with Gasteiger partial charge >= 0.3 is 5.97 Å². The van der Waals surface area contributed by atoms with Gasteiger partial charge in [-0.1, -0.05) is 12.1 Å². The molecule has 5 nitrogen and oxygen atoms in total. The molecule has 2 aromatic carbocycles. The molecule has 0 N–H and O–H groups in total. The van der Waals surface area contributed by atoms with Crippen molar-refractivity contribution in [3.63, 3.8) is 0 Å². The third-order valence-corrected chi connectivity index (χ3v) is 4.83. The summed E-state index contributed by atoms with van der Waals surface area (Å²) < 4.78 is 10.1. The fourth-order valence-electron chi connectivity index (χ4n) is 2.56. The molecule has 0 aliphatic heterocycles. The van der Waals surface area contributed by atoms with E-state index in [0.717, 1.165) is 22.6 Å². The molecule has 3 aromatic rings. The number of benzene rings is 2. The summed E-state index contributed by atoms with van der Waals surface area (Å²) in [5, 5.41) is 12.1. The summed E-state index contributed by atoms with van der Waals surface area (Å²) in [7, 11) is 1.34. The first-order valence-electron chi connectivity index (χ1n) is 8.64. The number of carbonyl (C=O) groups is 1. The minimum atomic E-state index is -0.393. The summed E-state index contributed by atoms with van der Waals surface area (Å²) in [6, 6.07) is 16.8. The maximum Gasteiger partial charge on any atom is 0.337 e. The molecule has 0 saturated carbocycles. The Hall–Kier alpha value is -3.43. The van der Waals surface area contributed by atoms with Crippen LogP contribution in [-0.4, -0.2) is 24.7 Å². The second-order valence-corrected chi connectivity index (χ2v) is 6.64. The lowest BCUT2D eigenvalue weighted by Crippen LogP contribution is -2.00. The minimum Gasteiger partial charge on any atom is -0.494 e. The summed E-state index contributed by atoms with van der Waals surface area (Å²) in [5.41, 5.74) is 3.51. The number of nitrogens with zero attached hydrogens (tertiary/aromatic N) is 2. The van der Waals surface area contributed by atoms with Gasteiger partial charge in [0.15, 0.2) is 0 Å². The normalized spacial score (nSPS) is 11.0. The van der Waals surface area contributed by atoms with Crippen LogP contribution in [0.3, 0.4) is 0 Å². The summed E-state index contributed by atoms with van der Waals surface area (Å²) >= 11 is 1.42. The average Bonchev–Trinajstić information content (AvgIpc) is 3.22. The number of esters is 1. The number of thiazole rings is 1. The van der Waals surface area contributed by atoms with Crippen LogP contribution in [0.5, 0.6) is 5.75 Å². The van der Waals surface area contributed by atoms with Crippen LogP contribution in [0.15, 0.2) is 53.9 Å². The first-order chi connectivity index (χ1) is 13.6. The molecule has 3 rings (SSSR count). The maximum atomic E-state index is 11.5. The quantitative estimate of drug-likeness (QED) is 0.434. The second kappa shape index (κ2) is 8.98. The molecule has 0 spiro atoms. The van der Waals surface area contributed by atoms with Crippen LogP contribution in [0.25, 0.3) is 22.9 Å². The third-order valence-electron chi connectivity index (χ3n) is 3.96. The third kappa shape index (κ3) is 4.45. The first-order valence-corrected chi connectivity index (χ1v) is 9.52. The minimum absolute atomic E-state index is 0.393. The van der Waals surface area contributed by atoms with Crippen LogP contribution in [0.1, 0.15) is 27.9 Å². The fraction of sp³-hybridized carbons (Fsp3) is 0.136. The lowest BCUT2D eigenvalue weighted by molar-refractivity contribution is 0.0600. The van der Waals surface area contributed by atoms with Crippen LogP contribution in [0.2, 0.25) is 0 Å². The Balaban J connectivity index is 1.82. The second-order valence-electron chi connectivity index (χ2n) is 5.78. The molecular weight excluding hydrogens is 372 g/mol. The SMILES string of the molecule is CCOc1ccc(-c2csc(C(C#N)=Cc3ccc(C(=O)OC)cc3)n2)cc1. The highest BCUT2D eigenvalue weighted by Crippen LogP contribution is 2.28. The van der Waals surface area contributed by atoms with Gasteiger partial charge in [0.25, 0.3) is 0 Å². The molecule has 0 aliphatic carbocycles. The maximum absolute atomic E-state index is 11.5. The number of hydrogen-bond donors (Lipinski definition) is 0. The molecule has 0 radical (unpaired) electrons. The van der Waals surface area contributed by atoms with Crippen molar-refractivity contribution in [1.29, 1.82) is 5.26 Å². The lowest BCUT2D eigenvalue weighted by atomic mass is 10.1. The molecule has 28 heavy (non-hydrogen) atoms. The van der Waals surface area contributed by atoms with E-state index in [1.54, 1.807) is 30.3 Å². The van der Waals surface area contributed by atoms with E-state index in [1.807, 2.05) is 36.6 Å². The summed E-state index contributed by atoms with van der Waals surface area (Å²) in [6.45, 7) is 2.57. The van der Waals surface area contributed by atoms with Gasteiger partial charge in [-0.25, -0.2) is 9.78 Å². The highest BCUT2D eigenvalue weighted by molar-refractivity contribution is 7.11. The molecule has 0 saturated heterocycles. The van der Waals surface area contributed by atoms with Gasteiger partial charge in [0.1, 0.15) is 16.8 Å². The van der Waals surface area contributed by atoms with Crippen molar-refractivity contribution in [3.05, 3.63) is 70.0 Å². The molecule has 0 unspecified atom stereocenters. The van der Waals surface area contributed by atoms with Crippen molar-refractivity contribution in [2.75, 3.05) is 13.7 Å². The van der Waals surface area contributed by atoms with Crippen molar-refractivity contribution < 1.29 is 14.3 Å². The van der Waals surface area contributed by atoms with E-state index in [0.29, 0.717) is 22.8 Å². The van der Waals surface area contributed by atoms with E-state index < -0.39 is 5.97 Å². The summed E-state index contributed by atoms with van der Waals surface area (Å²) in [6.07, 6.45) is 1.75. The molecule has 0 aliphatic rings. The number of hydrogen-bond acceptors (Lipinski definition) is 6. The lowest BCUT2D eigenvalue weighted by Gasteiger charge is -2.03. The van der Waals surface area contributed by atoms with E-state index in [4.69, 9.17) is 9.47 Å². The molecule has 0 bridgehead atoms. The topological polar surface area (TPSA) is 72.2 Å². The largest absolute Gasteiger partial charge is 0.494 e. The molecule has 140 valence electrons. The van der Waals surface area contributed by atoms with E-state index in [9.17, 15) is 10.1 Å². The van der Waals surface area contributed by atoms with Gasteiger partial charge in [-0.15, -0.1) is 11.3 Å². The smallest absolute Gasteiger partial charge is 0.337 e. The zero-order valence-corrected chi connectivity index (χ0v) is 16.3.